The van der Waals surface area contributed by atoms with E-state index in [0.717, 1.165) is 5.56 Å². The predicted octanol–water partition coefficient (Wildman–Crippen LogP) is 4.52. The molecule has 1 heterocycles. The molecule has 0 spiro atoms. The highest BCUT2D eigenvalue weighted by Crippen LogP contribution is 2.22. The number of carbonyl (C=O) groups excluding carboxylic acids is 1. The molecule has 6 nitrogen and oxygen atoms in total. The molecule has 3 aromatic rings. The molecule has 30 heavy (non-hydrogen) atoms. The van der Waals surface area contributed by atoms with E-state index in [1.165, 1.54) is 11.8 Å². The number of nitrogens with one attached hydrogen (secondary N) is 1. The van der Waals surface area contributed by atoms with Gasteiger partial charge in [-0.25, -0.2) is 4.98 Å². The molecule has 158 valence electrons. The summed E-state index contributed by atoms with van der Waals surface area (Å²) < 4.78 is 7.02. The van der Waals surface area contributed by atoms with E-state index in [9.17, 15) is 9.59 Å². The van der Waals surface area contributed by atoms with Crippen molar-refractivity contribution in [1.29, 1.82) is 0 Å². The van der Waals surface area contributed by atoms with E-state index in [1.807, 2.05) is 32.0 Å². The zero-order valence-electron chi connectivity index (χ0n) is 17.0. The Morgan fingerprint density at radius 1 is 1.27 bits per heavy atom. The largest absolute Gasteiger partial charge is 0.382 e. The molecule has 0 fully saturated rings. The van der Waals surface area contributed by atoms with Gasteiger partial charge < -0.3 is 10.1 Å². The molecule has 3 rings (SSSR count). The van der Waals surface area contributed by atoms with Gasteiger partial charge in [-0.05, 0) is 50.1 Å². The highest BCUT2D eigenvalue weighted by atomic mass is 35.5. The molecule has 1 amide bonds. The Hall–Kier alpha value is -2.35. The van der Waals surface area contributed by atoms with Gasteiger partial charge in [0.1, 0.15) is 0 Å². The van der Waals surface area contributed by atoms with Crippen LogP contribution in [0.2, 0.25) is 5.02 Å². The van der Waals surface area contributed by atoms with E-state index in [4.69, 9.17) is 16.3 Å². The molecule has 2 aromatic carbocycles. The predicted molar refractivity (Wildman–Crippen MR) is 123 cm³/mol. The van der Waals surface area contributed by atoms with E-state index in [1.54, 1.807) is 28.8 Å². The second-order valence-electron chi connectivity index (χ2n) is 6.71. The van der Waals surface area contributed by atoms with Crippen molar-refractivity contribution >= 4 is 45.9 Å². The summed E-state index contributed by atoms with van der Waals surface area (Å²) in [5.74, 6) is -0.0593. The Labute approximate surface area is 184 Å². The van der Waals surface area contributed by atoms with Crippen LogP contribution in [-0.2, 0) is 16.1 Å². The maximum absolute atomic E-state index is 13.0. The van der Waals surface area contributed by atoms with E-state index < -0.39 is 0 Å². The summed E-state index contributed by atoms with van der Waals surface area (Å²) in [6.45, 7) is 5.52. The summed E-state index contributed by atoms with van der Waals surface area (Å²) in [4.78, 5) is 30.1. The Balaban J connectivity index is 1.78. The number of halogens is 1. The van der Waals surface area contributed by atoms with E-state index in [0.29, 0.717) is 52.9 Å². The van der Waals surface area contributed by atoms with Gasteiger partial charge in [0.15, 0.2) is 5.16 Å². The molecule has 8 heteroatoms. The fraction of sp³-hybridized carbons (Fsp3) is 0.318. The first-order valence-electron chi connectivity index (χ1n) is 9.75. The van der Waals surface area contributed by atoms with Crippen molar-refractivity contribution in [1.82, 2.24) is 9.55 Å². The fourth-order valence-electron chi connectivity index (χ4n) is 2.97. The monoisotopic (exact) mass is 445 g/mol. The average molecular weight is 446 g/mol. The summed E-state index contributed by atoms with van der Waals surface area (Å²) in [6.07, 6.45) is 0.690. The molecule has 0 saturated carbocycles. The second kappa shape index (κ2) is 10.6. The Bertz CT molecular complexity index is 1100. The molecule has 0 aliphatic rings. The molecule has 1 N–H and O–H groups in total. The van der Waals surface area contributed by atoms with Gasteiger partial charge in [0.25, 0.3) is 5.56 Å². The highest BCUT2D eigenvalue weighted by molar-refractivity contribution is 7.99. The molecule has 0 aliphatic heterocycles. The van der Waals surface area contributed by atoms with Gasteiger partial charge >= 0.3 is 0 Å². The first kappa shape index (κ1) is 22.3. The minimum Gasteiger partial charge on any atom is -0.382 e. The summed E-state index contributed by atoms with van der Waals surface area (Å²) in [5.41, 5.74) is 2.12. The SMILES string of the molecule is CCOCCCn1c(SCC(=O)Nc2cc(Cl)ccc2C)nc2ccccc2c1=O. The molecule has 1 aromatic heterocycles. The summed E-state index contributed by atoms with van der Waals surface area (Å²) in [7, 11) is 0. The van der Waals surface area contributed by atoms with Crippen LogP contribution < -0.4 is 10.9 Å². The molecule has 0 saturated heterocycles. The smallest absolute Gasteiger partial charge is 0.262 e. The van der Waals surface area contributed by atoms with Crippen LogP contribution in [-0.4, -0.2) is 34.4 Å². The minimum absolute atomic E-state index is 0.106. The number of para-hydroxylation sites is 1. The zero-order chi connectivity index (χ0) is 21.5. The second-order valence-corrected chi connectivity index (χ2v) is 8.09. The van der Waals surface area contributed by atoms with Crippen molar-refractivity contribution in [2.45, 2.75) is 32.0 Å². The standard InChI is InChI=1S/C22H24ClN3O3S/c1-3-29-12-6-11-26-21(28)17-7-4-5-8-18(17)25-22(26)30-14-20(27)24-19-13-16(23)10-9-15(19)2/h4-5,7-10,13H,3,6,11-12,14H2,1-2H3,(H,24,27). The minimum atomic E-state index is -0.186. The number of aromatic nitrogens is 2. The van der Waals surface area contributed by atoms with Crippen molar-refractivity contribution in [2.24, 2.45) is 0 Å². The number of benzene rings is 2. The first-order chi connectivity index (χ1) is 14.5. The van der Waals surface area contributed by atoms with Crippen LogP contribution in [0.3, 0.4) is 0 Å². The number of fused-ring (bicyclic) bond motifs is 1. The number of thioether (sulfide) groups is 1. The molecule has 0 radical (unpaired) electrons. The highest BCUT2D eigenvalue weighted by Gasteiger charge is 2.14. The number of nitrogens with zero attached hydrogens (tertiary/aromatic N) is 2. The third-order valence-electron chi connectivity index (χ3n) is 4.51. The molecular weight excluding hydrogens is 422 g/mol. The lowest BCUT2D eigenvalue weighted by molar-refractivity contribution is -0.113. The Morgan fingerprint density at radius 3 is 2.87 bits per heavy atom. The van der Waals surface area contributed by atoms with Gasteiger partial charge in [-0.15, -0.1) is 0 Å². The van der Waals surface area contributed by atoms with E-state index in [-0.39, 0.29) is 17.2 Å². The average Bonchev–Trinajstić information content (AvgIpc) is 2.74. The lowest BCUT2D eigenvalue weighted by Crippen LogP contribution is -2.25. The van der Waals surface area contributed by atoms with Gasteiger partial charge in [0.05, 0.1) is 16.7 Å². The maximum atomic E-state index is 13.0. The number of hydrogen-bond donors (Lipinski definition) is 1. The Morgan fingerprint density at radius 2 is 2.07 bits per heavy atom. The zero-order valence-corrected chi connectivity index (χ0v) is 18.6. The maximum Gasteiger partial charge on any atom is 0.262 e. The van der Waals surface area contributed by atoms with Crippen molar-refractivity contribution in [3.05, 3.63) is 63.4 Å². The van der Waals surface area contributed by atoms with Crippen LogP contribution >= 0.6 is 23.4 Å². The van der Waals surface area contributed by atoms with E-state index >= 15 is 0 Å². The van der Waals surface area contributed by atoms with E-state index in [2.05, 4.69) is 10.3 Å². The van der Waals surface area contributed by atoms with Gasteiger partial charge in [-0.2, -0.15) is 0 Å². The third-order valence-corrected chi connectivity index (χ3v) is 5.72. The van der Waals surface area contributed by atoms with Crippen LogP contribution in [0.15, 0.2) is 52.4 Å². The normalized spacial score (nSPS) is 11.0. The third kappa shape index (κ3) is 5.62. The van der Waals surface area contributed by atoms with Gasteiger partial charge in [0, 0.05) is 30.5 Å². The van der Waals surface area contributed by atoms with Crippen molar-refractivity contribution in [3.63, 3.8) is 0 Å². The first-order valence-corrected chi connectivity index (χ1v) is 11.1. The lowest BCUT2D eigenvalue weighted by Gasteiger charge is -2.13. The number of aryl methyl sites for hydroxylation is 1. The van der Waals surface area contributed by atoms with Crippen LogP contribution in [0.4, 0.5) is 5.69 Å². The van der Waals surface area contributed by atoms with Crippen LogP contribution in [0.5, 0.6) is 0 Å². The number of anilines is 1. The molecule has 0 aliphatic carbocycles. The van der Waals surface area contributed by atoms with Crippen LogP contribution in [0, 0.1) is 6.92 Å². The topological polar surface area (TPSA) is 73.2 Å². The number of ether oxygens (including phenoxy) is 1. The molecule has 0 unspecified atom stereocenters. The number of hydrogen-bond acceptors (Lipinski definition) is 5. The molecule has 0 atom stereocenters. The summed E-state index contributed by atoms with van der Waals surface area (Å²) in [6, 6.07) is 12.6. The number of carbonyl (C=O) groups is 1. The fourth-order valence-corrected chi connectivity index (χ4v) is 3.97. The van der Waals surface area contributed by atoms with Crippen LogP contribution in [0.25, 0.3) is 10.9 Å². The molecule has 0 bridgehead atoms. The quantitative estimate of drug-likeness (QED) is 0.298. The number of amides is 1. The van der Waals surface area contributed by atoms with Crippen molar-refractivity contribution in [2.75, 3.05) is 24.3 Å². The van der Waals surface area contributed by atoms with Crippen LogP contribution in [0.1, 0.15) is 18.9 Å². The Kier molecular flexibility index (Phi) is 7.90. The van der Waals surface area contributed by atoms with Gasteiger partial charge in [-0.1, -0.05) is 41.6 Å². The lowest BCUT2D eigenvalue weighted by atomic mass is 10.2. The summed E-state index contributed by atoms with van der Waals surface area (Å²) >= 11 is 7.27. The van der Waals surface area contributed by atoms with Gasteiger partial charge in [0.2, 0.25) is 5.91 Å². The van der Waals surface area contributed by atoms with Crippen molar-refractivity contribution < 1.29 is 9.53 Å². The van der Waals surface area contributed by atoms with Gasteiger partial charge in [-0.3, -0.25) is 14.2 Å². The van der Waals surface area contributed by atoms with Crippen molar-refractivity contribution in [3.8, 4) is 0 Å². The summed E-state index contributed by atoms with van der Waals surface area (Å²) in [5, 5.41) is 4.52. The number of rotatable bonds is 9. The molecular formula is C22H24ClN3O3S.